The van der Waals surface area contributed by atoms with E-state index in [2.05, 4.69) is 13.8 Å². The largest absolute Gasteiger partial charge is 0.389 e. The Kier molecular flexibility index (Phi) is 6.24. The van der Waals surface area contributed by atoms with E-state index in [1.165, 1.54) is 18.4 Å². The summed E-state index contributed by atoms with van der Waals surface area (Å²) in [6, 6.07) is 0. The molecule has 11 heavy (non-hydrogen) atoms. The number of allylic oxidation sites excluding steroid dienone is 1. The lowest BCUT2D eigenvalue weighted by molar-refractivity contribution is 0.242. The zero-order chi connectivity index (χ0) is 8.69. The normalized spacial score (nSPS) is 12.7. The zero-order valence-electron chi connectivity index (χ0n) is 7.93. The van der Waals surface area contributed by atoms with Crippen LogP contribution in [0.15, 0.2) is 11.6 Å². The van der Waals surface area contributed by atoms with Gasteiger partial charge in [-0.05, 0) is 19.8 Å². The number of rotatable bonds is 5. The molecule has 1 atom stereocenters. The molecule has 0 saturated heterocycles. The van der Waals surface area contributed by atoms with E-state index in [1.54, 1.807) is 0 Å². The molecule has 66 valence electrons. The third-order valence-electron chi connectivity index (χ3n) is 1.62. The average Bonchev–Trinajstić information content (AvgIpc) is 1.87. The molecule has 1 nitrogen and oxygen atoms in total. The molecule has 0 heterocycles. The SMILES string of the molecule is CCCC(=CC(C)O)CCC. The predicted octanol–water partition coefficient (Wildman–Crippen LogP) is 2.89. The molecule has 0 aliphatic rings. The fraction of sp³-hybridized carbons (Fsp3) is 0.800. The summed E-state index contributed by atoms with van der Waals surface area (Å²) >= 11 is 0. The number of aliphatic hydroxyl groups excluding tert-OH is 1. The quantitative estimate of drug-likeness (QED) is 0.607. The Bertz CT molecular complexity index is 106. The van der Waals surface area contributed by atoms with Crippen LogP contribution in [0, 0.1) is 0 Å². The Morgan fingerprint density at radius 2 is 1.73 bits per heavy atom. The van der Waals surface area contributed by atoms with Crippen LogP contribution in [0.2, 0.25) is 0 Å². The summed E-state index contributed by atoms with van der Waals surface area (Å²) in [6.07, 6.45) is 6.34. The van der Waals surface area contributed by atoms with Crippen molar-refractivity contribution in [2.45, 2.75) is 52.6 Å². The molecule has 1 heteroatoms. The van der Waals surface area contributed by atoms with Crippen molar-refractivity contribution in [2.75, 3.05) is 0 Å². The number of hydrogen-bond acceptors (Lipinski definition) is 1. The lowest BCUT2D eigenvalue weighted by atomic mass is 10.0. The molecule has 0 aliphatic carbocycles. The first-order valence-electron chi connectivity index (χ1n) is 4.58. The molecule has 0 amide bonds. The second-order valence-electron chi connectivity index (χ2n) is 3.07. The van der Waals surface area contributed by atoms with E-state index in [0.717, 1.165) is 12.8 Å². The highest BCUT2D eigenvalue weighted by Gasteiger charge is 1.96. The summed E-state index contributed by atoms with van der Waals surface area (Å²) in [5.74, 6) is 0. The van der Waals surface area contributed by atoms with Gasteiger partial charge in [0.05, 0.1) is 6.10 Å². The smallest absolute Gasteiger partial charge is 0.0695 e. The van der Waals surface area contributed by atoms with Crippen LogP contribution in [0.4, 0.5) is 0 Å². The van der Waals surface area contributed by atoms with Crippen molar-refractivity contribution in [3.8, 4) is 0 Å². The Balaban J connectivity index is 3.86. The van der Waals surface area contributed by atoms with Gasteiger partial charge in [-0.1, -0.05) is 38.3 Å². The maximum Gasteiger partial charge on any atom is 0.0695 e. The molecular weight excluding hydrogens is 136 g/mol. The minimum Gasteiger partial charge on any atom is -0.389 e. The van der Waals surface area contributed by atoms with E-state index in [0.29, 0.717) is 0 Å². The molecule has 0 aromatic heterocycles. The van der Waals surface area contributed by atoms with Crippen LogP contribution < -0.4 is 0 Å². The summed E-state index contributed by atoms with van der Waals surface area (Å²) in [7, 11) is 0. The van der Waals surface area contributed by atoms with E-state index >= 15 is 0 Å². The molecular formula is C10H20O. The minimum atomic E-state index is -0.275. The van der Waals surface area contributed by atoms with Gasteiger partial charge in [0.2, 0.25) is 0 Å². The van der Waals surface area contributed by atoms with Gasteiger partial charge >= 0.3 is 0 Å². The first kappa shape index (κ1) is 10.7. The van der Waals surface area contributed by atoms with Gasteiger partial charge in [-0.25, -0.2) is 0 Å². The second-order valence-corrected chi connectivity index (χ2v) is 3.07. The van der Waals surface area contributed by atoms with Gasteiger partial charge in [0, 0.05) is 0 Å². The maximum atomic E-state index is 9.10. The van der Waals surface area contributed by atoms with Gasteiger partial charge in [-0.15, -0.1) is 0 Å². The van der Waals surface area contributed by atoms with Crippen LogP contribution >= 0.6 is 0 Å². The highest BCUT2D eigenvalue weighted by Crippen LogP contribution is 2.12. The van der Waals surface area contributed by atoms with Crippen LogP contribution in [0.3, 0.4) is 0 Å². The highest BCUT2D eigenvalue weighted by molar-refractivity contribution is 5.03. The fourth-order valence-electron chi connectivity index (χ4n) is 1.28. The standard InChI is InChI=1S/C10H20O/c1-4-6-10(7-5-2)8-9(3)11/h8-9,11H,4-7H2,1-3H3. The predicted molar refractivity (Wildman–Crippen MR) is 49.6 cm³/mol. The van der Waals surface area contributed by atoms with Crippen molar-refractivity contribution in [1.82, 2.24) is 0 Å². The van der Waals surface area contributed by atoms with Crippen LogP contribution in [0.1, 0.15) is 46.5 Å². The summed E-state index contributed by atoms with van der Waals surface area (Å²) in [5, 5.41) is 9.10. The zero-order valence-corrected chi connectivity index (χ0v) is 7.93. The molecule has 0 bridgehead atoms. The first-order valence-corrected chi connectivity index (χ1v) is 4.58. The summed E-state index contributed by atoms with van der Waals surface area (Å²) < 4.78 is 0. The Labute approximate surface area is 70.1 Å². The number of aliphatic hydroxyl groups is 1. The van der Waals surface area contributed by atoms with Crippen molar-refractivity contribution in [3.05, 3.63) is 11.6 Å². The Hall–Kier alpha value is -0.300. The number of hydrogen-bond donors (Lipinski definition) is 1. The molecule has 0 aliphatic heterocycles. The third-order valence-corrected chi connectivity index (χ3v) is 1.62. The van der Waals surface area contributed by atoms with Crippen molar-refractivity contribution < 1.29 is 5.11 Å². The molecule has 0 fully saturated rings. The topological polar surface area (TPSA) is 20.2 Å². The minimum absolute atomic E-state index is 0.275. The second kappa shape index (κ2) is 6.41. The highest BCUT2D eigenvalue weighted by atomic mass is 16.3. The van der Waals surface area contributed by atoms with Gasteiger partial charge in [0.15, 0.2) is 0 Å². The van der Waals surface area contributed by atoms with E-state index in [1.807, 2.05) is 13.0 Å². The van der Waals surface area contributed by atoms with E-state index < -0.39 is 0 Å². The Morgan fingerprint density at radius 3 is 2.00 bits per heavy atom. The van der Waals surface area contributed by atoms with Crippen molar-refractivity contribution in [2.24, 2.45) is 0 Å². The van der Waals surface area contributed by atoms with Gasteiger partial charge in [-0.3, -0.25) is 0 Å². The van der Waals surface area contributed by atoms with Crippen molar-refractivity contribution in [1.29, 1.82) is 0 Å². The molecule has 0 radical (unpaired) electrons. The van der Waals surface area contributed by atoms with Crippen LogP contribution in [-0.2, 0) is 0 Å². The van der Waals surface area contributed by atoms with Gasteiger partial charge < -0.3 is 5.11 Å². The van der Waals surface area contributed by atoms with Gasteiger partial charge in [0.25, 0.3) is 0 Å². The summed E-state index contributed by atoms with van der Waals surface area (Å²) in [5.41, 5.74) is 1.41. The van der Waals surface area contributed by atoms with Gasteiger partial charge in [-0.2, -0.15) is 0 Å². The van der Waals surface area contributed by atoms with E-state index in [9.17, 15) is 0 Å². The molecule has 0 aromatic rings. The van der Waals surface area contributed by atoms with Crippen LogP contribution in [0.5, 0.6) is 0 Å². The van der Waals surface area contributed by atoms with E-state index in [4.69, 9.17) is 5.11 Å². The third kappa shape index (κ3) is 6.11. The first-order chi connectivity index (χ1) is 5.20. The molecule has 0 saturated carbocycles. The molecule has 0 spiro atoms. The van der Waals surface area contributed by atoms with Gasteiger partial charge in [0.1, 0.15) is 0 Å². The molecule has 0 rings (SSSR count). The summed E-state index contributed by atoms with van der Waals surface area (Å²) in [4.78, 5) is 0. The average molecular weight is 156 g/mol. The fourth-order valence-corrected chi connectivity index (χ4v) is 1.28. The molecule has 0 aromatic carbocycles. The maximum absolute atomic E-state index is 9.10. The Morgan fingerprint density at radius 1 is 1.27 bits per heavy atom. The summed E-state index contributed by atoms with van der Waals surface area (Å²) in [6.45, 7) is 6.16. The molecule has 1 unspecified atom stereocenters. The monoisotopic (exact) mass is 156 g/mol. The van der Waals surface area contributed by atoms with E-state index in [-0.39, 0.29) is 6.10 Å². The van der Waals surface area contributed by atoms with Crippen LogP contribution in [-0.4, -0.2) is 11.2 Å². The lowest BCUT2D eigenvalue weighted by Gasteiger charge is -2.05. The van der Waals surface area contributed by atoms with Crippen LogP contribution in [0.25, 0.3) is 0 Å². The van der Waals surface area contributed by atoms with Crippen molar-refractivity contribution in [3.63, 3.8) is 0 Å². The van der Waals surface area contributed by atoms with Crippen molar-refractivity contribution >= 4 is 0 Å². The molecule has 1 N–H and O–H groups in total. The lowest BCUT2D eigenvalue weighted by Crippen LogP contribution is -1.96.